The van der Waals surface area contributed by atoms with Crippen LogP contribution in [0.5, 0.6) is 0 Å². The van der Waals surface area contributed by atoms with E-state index in [1.807, 2.05) is 24.4 Å². The molecule has 5 nitrogen and oxygen atoms in total. The van der Waals surface area contributed by atoms with Gasteiger partial charge in [0, 0.05) is 24.8 Å². The summed E-state index contributed by atoms with van der Waals surface area (Å²) < 4.78 is 2.05. The fraction of sp³-hybridized carbons (Fsp3) is 0.600. The minimum absolute atomic E-state index is 0.553. The summed E-state index contributed by atoms with van der Waals surface area (Å²) in [6.45, 7) is 6.55. The highest BCUT2D eigenvalue weighted by molar-refractivity contribution is 5.36. The van der Waals surface area contributed by atoms with Crippen molar-refractivity contribution in [3.63, 3.8) is 0 Å². The first-order valence-electron chi connectivity index (χ1n) is 7.37. The van der Waals surface area contributed by atoms with Gasteiger partial charge in [0.05, 0.1) is 6.54 Å². The molecule has 0 radical (unpaired) electrons. The Morgan fingerprint density at radius 3 is 3.00 bits per heavy atom. The second-order valence-electron chi connectivity index (χ2n) is 6.03. The van der Waals surface area contributed by atoms with E-state index in [2.05, 4.69) is 45.7 Å². The molecule has 108 valence electrons. The molecule has 5 heteroatoms. The van der Waals surface area contributed by atoms with E-state index in [1.54, 1.807) is 0 Å². The summed E-state index contributed by atoms with van der Waals surface area (Å²) in [7, 11) is 2.21. The highest BCUT2D eigenvalue weighted by Crippen LogP contribution is 2.21. The molecule has 2 aromatic heterocycles. The maximum Gasteiger partial charge on any atom is 0.160 e. The van der Waals surface area contributed by atoms with Crippen LogP contribution in [0.4, 0.5) is 0 Å². The molecule has 0 aliphatic carbocycles. The Balaban J connectivity index is 1.67. The summed E-state index contributed by atoms with van der Waals surface area (Å²) in [6.07, 6.45) is 3.21. The van der Waals surface area contributed by atoms with Crippen LogP contribution in [0.2, 0.25) is 0 Å². The molecule has 3 atom stereocenters. The molecule has 1 fully saturated rings. The zero-order valence-electron chi connectivity index (χ0n) is 12.5. The number of nitrogens with zero attached hydrogens (tertiary/aromatic N) is 4. The lowest BCUT2D eigenvalue weighted by molar-refractivity contribution is 0.120. The van der Waals surface area contributed by atoms with Gasteiger partial charge in [0.2, 0.25) is 0 Å². The van der Waals surface area contributed by atoms with Crippen molar-refractivity contribution >= 4 is 5.65 Å². The molecule has 20 heavy (non-hydrogen) atoms. The van der Waals surface area contributed by atoms with Crippen LogP contribution in [0.15, 0.2) is 24.4 Å². The quantitative estimate of drug-likeness (QED) is 0.921. The molecular formula is C15H23N5. The summed E-state index contributed by atoms with van der Waals surface area (Å²) >= 11 is 0. The van der Waals surface area contributed by atoms with Crippen LogP contribution in [0, 0.1) is 5.92 Å². The van der Waals surface area contributed by atoms with Gasteiger partial charge in [0.15, 0.2) is 11.5 Å². The lowest BCUT2D eigenvalue weighted by Crippen LogP contribution is -2.50. The van der Waals surface area contributed by atoms with Crippen molar-refractivity contribution in [1.82, 2.24) is 24.8 Å². The van der Waals surface area contributed by atoms with Crippen molar-refractivity contribution in [3.8, 4) is 0 Å². The van der Waals surface area contributed by atoms with Gasteiger partial charge in [-0.25, -0.2) is 0 Å². The number of aromatic nitrogens is 3. The van der Waals surface area contributed by atoms with Crippen LogP contribution in [0.3, 0.4) is 0 Å². The van der Waals surface area contributed by atoms with Gasteiger partial charge in [-0.15, -0.1) is 10.2 Å². The number of hydrogen-bond acceptors (Lipinski definition) is 4. The third kappa shape index (κ3) is 2.55. The predicted octanol–water partition coefficient (Wildman–Crippen LogP) is 1.55. The molecule has 3 rings (SSSR count). The molecule has 0 amide bonds. The second-order valence-corrected chi connectivity index (χ2v) is 6.03. The van der Waals surface area contributed by atoms with Crippen LogP contribution >= 0.6 is 0 Å². The second kappa shape index (κ2) is 5.50. The van der Waals surface area contributed by atoms with Gasteiger partial charge in [0.1, 0.15) is 0 Å². The van der Waals surface area contributed by atoms with Gasteiger partial charge in [-0.2, -0.15) is 0 Å². The van der Waals surface area contributed by atoms with Gasteiger partial charge in [-0.05, 0) is 38.4 Å². The van der Waals surface area contributed by atoms with E-state index in [1.165, 1.54) is 6.42 Å². The van der Waals surface area contributed by atoms with Crippen LogP contribution in [0.1, 0.15) is 26.1 Å². The summed E-state index contributed by atoms with van der Waals surface area (Å²) in [5.74, 6) is 1.65. The summed E-state index contributed by atoms with van der Waals surface area (Å²) in [5.41, 5.74) is 0.911. The molecule has 0 aromatic carbocycles. The van der Waals surface area contributed by atoms with E-state index in [-0.39, 0.29) is 0 Å². The van der Waals surface area contributed by atoms with Gasteiger partial charge in [-0.1, -0.05) is 13.0 Å². The van der Waals surface area contributed by atoms with E-state index in [0.717, 1.165) is 24.6 Å². The molecule has 1 aliphatic rings. The lowest BCUT2D eigenvalue weighted by Gasteiger charge is -2.40. The molecule has 0 spiro atoms. The molecule has 1 saturated heterocycles. The summed E-state index contributed by atoms with van der Waals surface area (Å²) in [4.78, 5) is 2.44. The Kier molecular flexibility index (Phi) is 3.72. The highest BCUT2D eigenvalue weighted by Gasteiger charge is 2.28. The van der Waals surface area contributed by atoms with Crippen molar-refractivity contribution in [3.05, 3.63) is 30.2 Å². The number of hydrogen-bond donors (Lipinski definition) is 1. The molecule has 3 heterocycles. The van der Waals surface area contributed by atoms with E-state index < -0.39 is 0 Å². The Morgan fingerprint density at radius 1 is 1.30 bits per heavy atom. The third-order valence-corrected chi connectivity index (χ3v) is 4.52. The maximum atomic E-state index is 4.28. The Bertz CT molecular complexity index is 578. The van der Waals surface area contributed by atoms with E-state index in [9.17, 15) is 0 Å². The Morgan fingerprint density at radius 2 is 2.15 bits per heavy atom. The SMILES string of the molecule is CC1CN(C)C(C)CC1NCc1nnc2ccccn12. The van der Waals surface area contributed by atoms with Gasteiger partial charge < -0.3 is 10.2 Å². The zero-order chi connectivity index (χ0) is 14.1. The third-order valence-electron chi connectivity index (χ3n) is 4.52. The lowest BCUT2D eigenvalue weighted by atomic mass is 9.90. The first-order valence-corrected chi connectivity index (χ1v) is 7.37. The minimum Gasteiger partial charge on any atom is -0.307 e. The number of pyridine rings is 1. The van der Waals surface area contributed by atoms with Crippen LogP contribution in [-0.4, -0.2) is 45.2 Å². The Labute approximate surface area is 120 Å². The summed E-state index contributed by atoms with van der Waals surface area (Å²) in [5, 5.41) is 12.1. The zero-order valence-corrected chi connectivity index (χ0v) is 12.5. The average Bonchev–Trinajstić information content (AvgIpc) is 2.85. The predicted molar refractivity (Wildman–Crippen MR) is 79.5 cm³/mol. The van der Waals surface area contributed by atoms with Gasteiger partial charge in [0.25, 0.3) is 0 Å². The summed E-state index contributed by atoms with van der Waals surface area (Å²) in [6, 6.07) is 7.18. The van der Waals surface area contributed by atoms with Crippen LogP contribution in [-0.2, 0) is 6.54 Å². The number of nitrogens with one attached hydrogen (secondary N) is 1. The first-order chi connectivity index (χ1) is 9.65. The molecule has 1 N–H and O–H groups in total. The smallest absolute Gasteiger partial charge is 0.160 e. The van der Waals surface area contributed by atoms with Crippen LogP contribution in [0.25, 0.3) is 5.65 Å². The van der Waals surface area contributed by atoms with Gasteiger partial charge >= 0.3 is 0 Å². The molecule has 0 saturated carbocycles. The topological polar surface area (TPSA) is 45.5 Å². The van der Waals surface area contributed by atoms with Crippen molar-refractivity contribution in [2.24, 2.45) is 5.92 Å². The first kappa shape index (κ1) is 13.5. The highest BCUT2D eigenvalue weighted by atomic mass is 15.3. The van der Waals surface area contributed by atoms with E-state index >= 15 is 0 Å². The fourth-order valence-electron chi connectivity index (χ4n) is 3.06. The normalized spacial score (nSPS) is 28.1. The standard InChI is InChI=1S/C15H23N5/c1-11-10-19(3)12(2)8-13(11)16-9-15-18-17-14-6-4-5-7-20(14)15/h4-7,11-13,16H,8-10H2,1-3H3. The monoisotopic (exact) mass is 273 g/mol. The molecular weight excluding hydrogens is 250 g/mol. The van der Waals surface area contributed by atoms with Crippen molar-refractivity contribution < 1.29 is 0 Å². The molecule has 2 aromatic rings. The van der Waals surface area contributed by atoms with Crippen LogP contribution < -0.4 is 5.32 Å². The largest absolute Gasteiger partial charge is 0.307 e. The van der Waals surface area contributed by atoms with E-state index in [4.69, 9.17) is 0 Å². The number of likely N-dealkylation sites (tertiary alicyclic amines) is 1. The number of rotatable bonds is 3. The fourth-order valence-corrected chi connectivity index (χ4v) is 3.06. The van der Waals surface area contributed by atoms with E-state index in [0.29, 0.717) is 18.0 Å². The maximum absolute atomic E-state index is 4.28. The van der Waals surface area contributed by atoms with Crippen molar-refractivity contribution in [1.29, 1.82) is 0 Å². The molecule has 0 bridgehead atoms. The minimum atomic E-state index is 0.553. The molecule has 3 unspecified atom stereocenters. The van der Waals surface area contributed by atoms with Gasteiger partial charge in [-0.3, -0.25) is 4.40 Å². The molecule has 1 aliphatic heterocycles. The number of piperidine rings is 1. The van der Waals surface area contributed by atoms with Crippen molar-refractivity contribution in [2.45, 2.75) is 38.9 Å². The van der Waals surface area contributed by atoms with Crippen molar-refractivity contribution in [2.75, 3.05) is 13.6 Å². The Hall–Kier alpha value is -1.46. The average molecular weight is 273 g/mol. The number of fused-ring (bicyclic) bond motifs is 1.